The van der Waals surface area contributed by atoms with E-state index >= 15 is 0 Å². The highest BCUT2D eigenvalue weighted by Crippen LogP contribution is 2.60. The molecular weight excluding hydrogens is 1350 g/mol. The van der Waals surface area contributed by atoms with Crippen LogP contribution in [-0.2, 0) is 119 Å². The Hall–Kier alpha value is -6.40. The molecule has 16 rings (SSSR count). The van der Waals surface area contributed by atoms with Crippen LogP contribution in [0, 0.1) is 98.1 Å². The summed E-state index contributed by atoms with van der Waals surface area (Å²) in [6.45, 7) is 30.2. The number of esters is 12. The van der Waals surface area contributed by atoms with Gasteiger partial charge in [0.1, 0.15) is 61.0 Å². The second-order valence-corrected chi connectivity index (χ2v) is 33.5. The lowest BCUT2D eigenvalue weighted by Gasteiger charge is -2.48. The molecule has 9 heterocycles. The van der Waals surface area contributed by atoms with E-state index in [4.69, 9.17) is 61.6 Å². The smallest absolute Gasteiger partial charge is 0.312 e. The van der Waals surface area contributed by atoms with Crippen LogP contribution < -0.4 is 0 Å². The number of rotatable bonds is 19. The molecule has 24 atom stereocenters. The molecule has 16 aliphatic rings. The van der Waals surface area contributed by atoms with Crippen LogP contribution in [0.5, 0.6) is 0 Å². The molecule has 9 aliphatic heterocycles. The van der Waals surface area contributed by atoms with Gasteiger partial charge in [-0.05, 0) is 160 Å². The molecule has 0 aromatic carbocycles. The third kappa shape index (κ3) is 16.5. The first kappa shape index (κ1) is 88.2. The molecule has 25 heteroatoms. The fraction of sp³-hybridized carbons (Fsp3) is 0.848. The van der Waals surface area contributed by atoms with E-state index in [0.717, 1.165) is 51.4 Å². The predicted octanol–water partition coefficient (Wildman–Crippen LogP) is 11.8. The van der Waals surface area contributed by atoms with Gasteiger partial charge in [0.25, 0.3) is 0 Å². The summed E-state index contributed by atoms with van der Waals surface area (Å²) in [6, 6.07) is 0. The van der Waals surface area contributed by atoms with E-state index in [1.54, 1.807) is 0 Å². The second kappa shape index (κ2) is 33.0. The van der Waals surface area contributed by atoms with E-state index in [0.29, 0.717) is 44.4 Å². The summed E-state index contributed by atoms with van der Waals surface area (Å²) < 4.78 is 70.5. The molecule has 0 aromatic rings. The Morgan fingerprint density at radius 3 is 1.41 bits per heavy atom. The molecule has 0 amide bonds. The summed E-state index contributed by atoms with van der Waals surface area (Å²) in [5, 5.41) is 0. The second-order valence-electron chi connectivity index (χ2n) is 33.5. The molecule has 12 bridgehead atoms. The van der Waals surface area contributed by atoms with Crippen molar-refractivity contribution in [3.63, 3.8) is 0 Å². The monoisotopic (exact) mass is 1470 g/mol. The highest BCUT2D eigenvalue weighted by Gasteiger charge is 2.71. The summed E-state index contributed by atoms with van der Waals surface area (Å²) in [6.07, 6.45) is 7.30. The lowest BCUT2D eigenvalue weighted by atomic mass is 9.74. The number of ether oxygens (including phenoxy) is 13. The van der Waals surface area contributed by atoms with Gasteiger partial charge < -0.3 is 61.6 Å². The zero-order valence-electron chi connectivity index (χ0n) is 60.8. The topological polar surface area (TPSA) is 325 Å². The minimum atomic E-state index is -0.620. The van der Waals surface area contributed by atoms with Gasteiger partial charge in [0.15, 0.2) is 12.2 Å². The van der Waals surface area contributed by atoms with Crippen molar-refractivity contribution in [1.29, 1.82) is 0 Å². The minimum absolute atomic E-state index is 0. The lowest BCUT2D eigenvalue weighted by molar-refractivity contribution is -0.221. The van der Waals surface area contributed by atoms with Crippen LogP contribution in [0.15, 0.2) is 0 Å². The van der Waals surface area contributed by atoms with Crippen LogP contribution in [0.2, 0.25) is 0 Å². The molecule has 0 N–H and O–H groups in total. The van der Waals surface area contributed by atoms with Crippen molar-refractivity contribution in [3.05, 3.63) is 0 Å². The van der Waals surface area contributed by atoms with Crippen LogP contribution in [0.1, 0.15) is 244 Å². The Morgan fingerprint density at radius 2 is 0.894 bits per heavy atom. The van der Waals surface area contributed by atoms with Crippen LogP contribution in [-0.4, -0.2) is 158 Å². The molecule has 7 aliphatic carbocycles. The molecular formula is C79H126O25. The average Bonchev–Trinajstić information content (AvgIpc) is 1.54. The predicted molar refractivity (Wildman–Crippen MR) is 377 cm³/mol. The largest absolute Gasteiger partial charge is 0.469 e. The highest BCUT2D eigenvalue weighted by atomic mass is 16.7. The molecule has 104 heavy (non-hydrogen) atoms. The third-order valence-electron chi connectivity index (χ3n) is 25.4. The van der Waals surface area contributed by atoms with Crippen molar-refractivity contribution in [3.8, 4) is 0 Å². The normalized spacial score (nSPS) is 36.1. The summed E-state index contributed by atoms with van der Waals surface area (Å²) in [4.78, 5) is 143. The first-order chi connectivity index (χ1) is 46.3. The van der Waals surface area contributed by atoms with Crippen molar-refractivity contribution in [2.24, 2.45) is 98.1 Å². The van der Waals surface area contributed by atoms with E-state index in [-0.39, 0.29) is 206 Å². The summed E-state index contributed by atoms with van der Waals surface area (Å²) in [5.41, 5.74) is -3.19. The number of carbonyl (C=O) groups excluding carboxylic acids is 12. The zero-order chi connectivity index (χ0) is 72.7. The Morgan fingerprint density at radius 1 is 0.442 bits per heavy atom. The number of carbonyl (C=O) groups is 12. The molecule has 0 aromatic heterocycles. The Bertz CT molecular complexity index is 3100. The quantitative estimate of drug-likeness (QED) is 0.0856. The first-order valence-corrected chi connectivity index (χ1v) is 36.3. The van der Waals surface area contributed by atoms with Gasteiger partial charge in [-0.15, -0.1) is 0 Å². The Labute approximate surface area is 617 Å². The van der Waals surface area contributed by atoms with E-state index in [1.807, 2.05) is 111 Å². The maximum absolute atomic E-state index is 12.4. The number of hydrogen-bond acceptors (Lipinski definition) is 25. The SMILES string of the molecule is C.C.C.C.C.CCC(C)(C)C(=O)OC1C2CC3C(=O)OC1C3O2.CCC(C)(C)C(=O)OC1C2CC3C1OC(=O)C3C2C(=O)OC.CCC(C)(C)C(=O)OC1C2CC3CC2C(=O)OC31.CCC(C)(C)C(=O)OC1CC2CCC1(C)OC2=O.CCC(C)(C)C(=O)OCCC(=O)OC1C2CC3C(=O)OC1C3C2. The average molecular weight is 1480 g/mol. The highest BCUT2D eigenvalue weighted by molar-refractivity contribution is 5.87. The van der Waals surface area contributed by atoms with Crippen LogP contribution >= 0.6 is 0 Å². The van der Waals surface area contributed by atoms with Crippen molar-refractivity contribution in [2.75, 3.05) is 13.7 Å². The Kier molecular flexibility index (Phi) is 28.0. The van der Waals surface area contributed by atoms with E-state index < -0.39 is 80.9 Å². The first-order valence-electron chi connectivity index (χ1n) is 36.3. The molecule has 16 fully saturated rings. The van der Waals surface area contributed by atoms with Gasteiger partial charge in [-0.1, -0.05) is 71.8 Å². The van der Waals surface area contributed by atoms with Crippen LogP contribution in [0.3, 0.4) is 0 Å². The minimum Gasteiger partial charge on any atom is -0.469 e. The van der Waals surface area contributed by atoms with Gasteiger partial charge in [0.05, 0.1) is 82.2 Å². The molecule has 9 saturated heterocycles. The van der Waals surface area contributed by atoms with Gasteiger partial charge in [-0.2, -0.15) is 0 Å². The third-order valence-corrected chi connectivity index (χ3v) is 25.4. The zero-order valence-corrected chi connectivity index (χ0v) is 60.8. The molecule has 25 nitrogen and oxygen atoms in total. The van der Waals surface area contributed by atoms with Crippen molar-refractivity contribution in [1.82, 2.24) is 0 Å². The lowest BCUT2D eigenvalue weighted by Crippen LogP contribution is -2.57. The van der Waals surface area contributed by atoms with Crippen LogP contribution in [0.4, 0.5) is 0 Å². The number of hydrogen-bond donors (Lipinski definition) is 0. The van der Waals surface area contributed by atoms with Gasteiger partial charge in [0, 0.05) is 41.9 Å². The molecule has 0 spiro atoms. The summed E-state index contributed by atoms with van der Waals surface area (Å²) in [7, 11) is 1.31. The standard InChI is InChI=1S/C17H24O6.C16H22O6.C14H20O4.C14H22O4.C13H18O5.5CH4/c1-4-17(2,3)16(20)21-6-5-12(18)22-13-9-7-10-11(8-9)15(19)23-14(10)13;1-5-16(2,3)15(19)22-12-7-6-8-10(9(7)13(17)20-4)14(18)21-11(8)12;1-4-14(2,3)13(16)18-11-8-5-7-6-9(8)12(15)17-10(7)11;1-5-13(2,3)12(16)17-10-8-9-6-7-14(10,4)18-11(9)15;1-4-13(2,3)12(15)18-9-7-5-6-8(16-7)10(9)17-11(6)14;;;;;/h9-11,13-14H,4-8H2,1-3H3;7-12H,5-6H2,1-4H3;7-11H,4-6H2,1-3H3;9-10H,5-8H2,1-4H3;6-10H,4-5H2,1-3H3;5*1H4. The fourth-order valence-corrected chi connectivity index (χ4v) is 16.7. The van der Waals surface area contributed by atoms with E-state index in [1.165, 1.54) is 7.11 Å². The van der Waals surface area contributed by atoms with Gasteiger partial charge in [-0.25, -0.2) is 0 Å². The number of fused-ring (bicyclic) bond motifs is 7. The van der Waals surface area contributed by atoms with Gasteiger partial charge >= 0.3 is 71.6 Å². The summed E-state index contributed by atoms with van der Waals surface area (Å²) in [5.74, 6) is -3.34. The molecule has 7 saturated carbocycles. The van der Waals surface area contributed by atoms with E-state index in [2.05, 4.69) is 0 Å². The molecule has 0 radical (unpaired) electrons. The fourth-order valence-electron chi connectivity index (χ4n) is 16.7. The van der Waals surface area contributed by atoms with Crippen molar-refractivity contribution in [2.45, 2.75) is 317 Å². The van der Waals surface area contributed by atoms with Crippen molar-refractivity contribution < 1.29 is 119 Å². The van der Waals surface area contributed by atoms with Gasteiger partial charge in [-0.3, -0.25) is 57.5 Å². The van der Waals surface area contributed by atoms with E-state index in [9.17, 15) is 57.5 Å². The number of methoxy groups -OCH3 is 1. The molecule has 24 unspecified atom stereocenters. The summed E-state index contributed by atoms with van der Waals surface area (Å²) >= 11 is 0. The maximum Gasteiger partial charge on any atom is 0.312 e. The van der Waals surface area contributed by atoms with Crippen molar-refractivity contribution >= 4 is 71.6 Å². The van der Waals surface area contributed by atoms with Crippen LogP contribution in [0.25, 0.3) is 0 Å². The molecule has 592 valence electrons. The maximum atomic E-state index is 12.4. The Balaban J connectivity index is 0.000000232. The van der Waals surface area contributed by atoms with Gasteiger partial charge in [0.2, 0.25) is 0 Å².